The van der Waals surface area contributed by atoms with Crippen molar-refractivity contribution in [2.24, 2.45) is 0 Å². The second-order valence-electron chi connectivity index (χ2n) is 4.49. The number of urea groups is 1. The molecule has 1 aromatic rings. The topological polar surface area (TPSA) is 83.8 Å². The first-order chi connectivity index (χ1) is 10.4. The van der Waals surface area contributed by atoms with Crippen LogP contribution < -0.4 is 4.90 Å². The predicted molar refractivity (Wildman–Crippen MR) is 73.1 cm³/mol. The molecule has 1 saturated heterocycles. The van der Waals surface area contributed by atoms with Crippen molar-refractivity contribution in [1.29, 1.82) is 0 Å². The molecule has 1 aliphatic rings. The highest BCUT2D eigenvalue weighted by Crippen LogP contribution is 2.33. The zero-order chi connectivity index (χ0) is 16.4. The number of hydrogen-bond acceptors (Lipinski definition) is 4. The van der Waals surface area contributed by atoms with Gasteiger partial charge in [-0.05, 0) is 6.42 Å². The number of nitrogens with zero attached hydrogens (tertiary/aromatic N) is 3. The van der Waals surface area contributed by atoms with Crippen LogP contribution in [0, 0.1) is 15.9 Å². The molecule has 22 heavy (non-hydrogen) atoms. The maximum atomic E-state index is 13.9. The lowest BCUT2D eigenvalue weighted by Gasteiger charge is -2.17. The van der Waals surface area contributed by atoms with Crippen LogP contribution in [-0.2, 0) is 4.79 Å². The summed E-state index contributed by atoms with van der Waals surface area (Å²) in [5, 5.41) is 10.4. The zero-order valence-electron chi connectivity index (χ0n) is 11.1. The number of hydrogen-bond donors (Lipinski definition) is 0. The van der Waals surface area contributed by atoms with Crippen LogP contribution in [0.4, 0.5) is 25.0 Å². The Morgan fingerprint density at radius 1 is 1.36 bits per heavy atom. The summed E-state index contributed by atoms with van der Waals surface area (Å²) < 4.78 is 26.1. The fraction of sp³-hybridized carbons (Fsp3) is 0.333. The van der Waals surface area contributed by atoms with Gasteiger partial charge in [0.2, 0.25) is 0 Å². The van der Waals surface area contributed by atoms with E-state index in [-0.39, 0.29) is 19.5 Å². The number of rotatable bonds is 5. The van der Waals surface area contributed by atoms with E-state index < -0.39 is 45.8 Å². The third-order valence-electron chi connectivity index (χ3n) is 3.05. The molecule has 0 saturated carbocycles. The van der Waals surface area contributed by atoms with Crippen molar-refractivity contribution in [3.63, 3.8) is 0 Å². The summed E-state index contributed by atoms with van der Waals surface area (Å²) in [7, 11) is 0. The van der Waals surface area contributed by atoms with Crippen molar-refractivity contribution in [2.45, 2.75) is 6.42 Å². The number of nitro groups is 1. The summed E-state index contributed by atoms with van der Waals surface area (Å²) in [4.78, 5) is 35.5. The summed E-state index contributed by atoms with van der Waals surface area (Å²) in [6, 6.07) is 0.542. The minimum absolute atomic E-state index is 0.00508. The molecule has 0 aliphatic carbocycles. The van der Waals surface area contributed by atoms with E-state index in [0.29, 0.717) is 11.0 Å². The number of anilines is 1. The Balaban J connectivity index is 2.39. The number of amides is 3. The first-order valence-electron chi connectivity index (χ1n) is 6.18. The number of imide groups is 1. The van der Waals surface area contributed by atoms with Gasteiger partial charge < -0.3 is 4.90 Å². The van der Waals surface area contributed by atoms with E-state index in [1.807, 2.05) is 0 Å². The summed E-state index contributed by atoms with van der Waals surface area (Å²) in [5.74, 6) is -1.79. The van der Waals surface area contributed by atoms with Crippen molar-refractivity contribution in [2.75, 3.05) is 24.7 Å². The lowest BCUT2D eigenvalue weighted by Crippen LogP contribution is -2.34. The Morgan fingerprint density at radius 2 is 2.05 bits per heavy atom. The van der Waals surface area contributed by atoms with Gasteiger partial charge in [-0.1, -0.05) is 11.6 Å². The highest BCUT2D eigenvalue weighted by molar-refractivity contribution is 6.33. The molecule has 0 aromatic heterocycles. The van der Waals surface area contributed by atoms with Gasteiger partial charge in [0.25, 0.3) is 11.6 Å². The third-order valence-corrected chi connectivity index (χ3v) is 3.36. The van der Waals surface area contributed by atoms with E-state index in [2.05, 4.69) is 0 Å². The Hall–Kier alpha value is -2.29. The number of carbonyl (C=O) groups excluding carboxylic acids is 2. The number of benzene rings is 1. The normalized spacial score (nSPS) is 14.9. The van der Waals surface area contributed by atoms with E-state index in [4.69, 9.17) is 11.6 Å². The van der Waals surface area contributed by atoms with Crippen LogP contribution in [0.3, 0.4) is 0 Å². The molecule has 118 valence electrons. The zero-order valence-corrected chi connectivity index (χ0v) is 11.8. The quantitative estimate of drug-likeness (QED) is 0.471. The summed E-state index contributed by atoms with van der Waals surface area (Å²) in [6.07, 6.45) is 0.0378. The molecule has 7 nitrogen and oxygen atoms in total. The van der Waals surface area contributed by atoms with Crippen molar-refractivity contribution >= 4 is 34.9 Å². The smallest absolute Gasteiger partial charge is 0.315 e. The van der Waals surface area contributed by atoms with Crippen LogP contribution in [-0.4, -0.2) is 41.5 Å². The van der Waals surface area contributed by atoms with Crippen LogP contribution in [0.5, 0.6) is 0 Å². The van der Waals surface area contributed by atoms with E-state index >= 15 is 0 Å². The molecule has 0 spiro atoms. The number of nitro benzene ring substituents is 1. The molecule has 1 fully saturated rings. The molecule has 3 amide bonds. The summed E-state index contributed by atoms with van der Waals surface area (Å²) in [5.41, 5.74) is -1.17. The Labute approximate surface area is 128 Å². The van der Waals surface area contributed by atoms with Crippen LogP contribution in [0.15, 0.2) is 12.1 Å². The number of halogens is 3. The molecule has 0 radical (unpaired) electrons. The monoisotopic (exact) mass is 333 g/mol. The van der Waals surface area contributed by atoms with Crippen LogP contribution in [0.2, 0.25) is 5.02 Å². The van der Waals surface area contributed by atoms with Gasteiger partial charge in [-0.15, -0.1) is 0 Å². The van der Waals surface area contributed by atoms with Crippen molar-refractivity contribution in [3.05, 3.63) is 33.1 Å². The second-order valence-corrected chi connectivity index (χ2v) is 4.90. The van der Waals surface area contributed by atoms with Gasteiger partial charge in [-0.3, -0.25) is 19.3 Å². The Bertz CT molecular complexity index is 656. The van der Waals surface area contributed by atoms with Gasteiger partial charge in [-0.25, -0.2) is 14.1 Å². The molecule has 1 heterocycles. The minimum Gasteiger partial charge on any atom is -0.315 e. The van der Waals surface area contributed by atoms with Crippen molar-refractivity contribution < 1.29 is 23.3 Å². The molecule has 2 rings (SSSR count). The van der Waals surface area contributed by atoms with Crippen LogP contribution in [0.25, 0.3) is 0 Å². The largest absolute Gasteiger partial charge is 0.331 e. The van der Waals surface area contributed by atoms with E-state index in [9.17, 15) is 28.5 Å². The van der Waals surface area contributed by atoms with Gasteiger partial charge in [0.1, 0.15) is 17.4 Å². The lowest BCUT2D eigenvalue weighted by molar-refractivity contribution is -0.384. The molecule has 10 heteroatoms. The van der Waals surface area contributed by atoms with Crippen LogP contribution >= 0.6 is 11.6 Å². The van der Waals surface area contributed by atoms with Gasteiger partial charge >= 0.3 is 6.03 Å². The predicted octanol–water partition coefficient (Wildman–Crippen LogP) is 2.52. The average Bonchev–Trinajstić information content (AvgIpc) is 2.71. The molecule has 0 bridgehead atoms. The van der Waals surface area contributed by atoms with E-state index in [1.165, 1.54) is 0 Å². The lowest BCUT2D eigenvalue weighted by atomic mass is 10.2. The Kier molecular flexibility index (Phi) is 4.55. The third kappa shape index (κ3) is 2.84. The molecule has 0 unspecified atom stereocenters. The number of alkyl halides is 1. The molecule has 1 aromatic carbocycles. The molecule has 0 atom stereocenters. The fourth-order valence-corrected chi connectivity index (χ4v) is 2.27. The Morgan fingerprint density at radius 3 is 2.64 bits per heavy atom. The van der Waals surface area contributed by atoms with Crippen molar-refractivity contribution in [1.82, 2.24) is 4.90 Å². The fourth-order valence-electron chi connectivity index (χ4n) is 2.05. The van der Waals surface area contributed by atoms with Gasteiger partial charge in [-0.2, -0.15) is 0 Å². The van der Waals surface area contributed by atoms with Gasteiger partial charge in [0.15, 0.2) is 0 Å². The van der Waals surface area contributed by atoms with E-state index in [0.717, 1.165) is 11.0 Å². The van der Waals surface area contributed by atoms with E-state index in [1.54, 1.807) is 0 Å². The first kappa shape index (κ1) is 16.1. The molecular formula is C12H10ClF2N3O4. The SMILES string of the molecule is O=C1CN(CCCF)C(=O)N1c1cc([N+](=O)[O-])c(Cl)cc1F. The van der Waals surface area contributed by atoms with Gasteiger partial charge in [0, 0.05) is 18.7 Å². The highest BCUT2D eigenvalue weighted by atomic mass is 35.5. The maximum absolute atomic E-state index is 13.9. The van der Waals surface area contributed by atoms with Crippen LogP contribution in [0.1, 0.15) is 6.42 Å². The highest BCUT2D eigenvalue weighted by Gasteiger charge is 2.39. The molecular weight excluding hydrogens is 324 g/mol. The second kappa shape index (κ2) is 6.22. The van der Waals surface area contributed by atoms with Crippen molar-refractivity contribution in [3.8, 4) is 0 Å². The molecule has 1 aliphatic heterocycles. The average molecular weight is 334 g/mol. The number of carbonyl (C=O) groups is 2. The molecule has 0 N–H and O–H groups in total. The maximum Gasteiger partial charge on any atom is 0.331 e. The summed E-state index contributed by atoms with van der Waals surface area (Å²) in [6.45, 7) is -1.01. The summed E-state index contributed by atoms with van der Waals surface area (Å²) >= 11 is 5.55. The van der Waals surface area contributed by atoms with Gasteiger partial charge in [0.05, 0.1) is 17.3 Å². The first-order valence-corrected chi connectivity index (χ1v) is 6.56. The minimum atomic E-state index is -1.04. The standard InChI is InChI=1S/C12H10ClF2N3O4/c13-7-4-8(15)10(5-9(7)18(21)22)17-11(19)6-16(12(17)20)3-1-2-14/h4-5H,1-3,6H2.